The topological polar surface area (TPSA) is 143 Å². The van der Waals surface area contributed by atoms with Crippen molar-refractivity contribution in [2.24, 2.45) is 5.84 Å². The number of carbonyl (C=O) groups excluding carboxylic acids is 1. The van der Waals surface area contributed by atoms with E-state index in [1.165, 1.54) is 18.6 Å². The summed E-state index contributed by atoms with van der Waals surface area (Å²) in [5, 5.41) is 12.5. The first-order chi connectivity index (χ1) is 15.9. The highest BCUT2D eigenvalue weighted by Crippen LogP contribution is 2.25. The van der Waals surface area contributed by atoms with Crippen molar-refractivity contribution in [1.29, 1.82) is 0 Å². The number of amides is 1. The Balaban J connectivity index is 0.000000257. The van der Waals surface area contributed by atoms with E-state index >= 15 is 0 Å². The number of nitrogens with one attached hydrogen (secondary N) is 2. The molecule has 5 N–H and O–H groups in total. The number of aryl methyl sites for hydroxylation is 1. The molecule has 0 atom stereocenters. The number of aromatic carboxylic acids is 1. The van der Waals surface area contributed by atoms with E-state index in [1.807, 2.05) is 17.2 Å². The lowest BCUT2D eigenvalue weighted by atomic mass is 10.1. The molecule has 1 fully saturated rings. The van der Waals surface area contributed by atoms with Crippen LogP contribution in [0.5, 0.6) is 0 Å². The number of aromatic nitrogens is 2. The fourth-order valence-electron chi connectivity index (χ4n) is 3.55. The van der Waals surface area contributed by atoms with E-state index < -0.39 is 17.2 Å². The quantitative estimate of drug-likeness (QED) is 0.258. The summed E-state index contributed by atoms with van der Waals surface area (Å²) in [5.41, 5.74) is 2.54. The Morgan fingerprint density at radius 1 is 1.24 bits per heavy atom. The molecule has 0 aliphatic carbocycles. The standard InChI is InChI=1S/C16H18FN3O3.C6H7N3O/c1-2-19-9-11(16(22)23)15(21)10-7-12(17)14(8-13(10)19)20-5-3-18-4-6-20;7-9-6(10)5-1-3-8-4-2-5/h7-9,18H,2-6H2,1H3,(H,22,23);1-4H,7H2,(H,9,10). The number of piperazine rings is 1. The molecule has 0 saturated carbocycles. The first-order valence-electron chi connectivity index (χ1n) is 10.3. The van der Waals surface area contributed by atoms with Gasteiger partial charge in [-0.1, -0.05) is 0 Å². The van der Waals surface area contributed by atoms with E-state index in [-0.39, 0.29) is 16.9 Å². The maximum Gasteiger partial charge on any atom is 0.341 e. The average Bonchev–Trinajstić information content (AvgIpc) is 2.85. The van der Waals surface area contributed by atoms with E-state index in [0.717, 1.165) is 19.2 Å². The number of pyridine rings is 2. The molecule has 174 valence electrons. The number of hydrogen-bond acceptors (Lipinski definition) is 7. The normalized spacial score (nSPS) is 13.2. The Morgan fingerprint density at radius 3 is 2.48 bits per heavy atom. The number of carboxylic acid groups (broad SMARTS) is 1. The third-order valence-corrected chi connectivity index (χ3v) is 5.25. The van der Waals surface area contributed by atoms with Gasteiger partial charge in [0.1, 0.15) is 11.4 Å². The summed E-state index contributed by atoms with van der Waals surface area (Å²) in [6, 6.07) is 5.98. The van der Waals surface area contributed by atoms with Crippen LogP contribution in [-0.4, -0.2) is 52.7 Å². The molecule has 33 heavy (non-hydrogen) atoms. The zero-order valence-corrected chi connectivity index (χ0v) is 18.0. The van der Waals surface area contributed by atoms with Crippen LogP contribution < -0.4 is 26.9 Å². The lowest BCUT2D eigenvalue weighted by Crippen LogP contribution is -2.43. The minimum absolute atomic E-state index is 0.100. The van der Waals surface area contributed by atoms with Gasteiger partial charge in [0.25, 0.3) is 5.91 Å². The van der Waals surface area contributed by atoms with Gasteiger partial charge in [-0.2, -0.15) is 0 Å². The van der Waals surface area contributed by atoms with Crippen LogP contribution in [0.1, 0.15) is 27.6 Å². The number of fused-ring (bicyclic) bond motifs is 1. The minimum Gasteiger partial charge on any atom is -0.477 e. The second-order valence-electron chi connectivity index (χ2n) is 7.23. The number of carboxylic acids is 1. The Hall–Kier alpha value is -3.83. The second-order valence-corrected chi connectivity index (χ2v) is 7.23. The average molecular weight is 456 g/mol. The molecule has 1 aliphatic rings. The van der Waals surface area contributed by atoms with Crippen LogP contribution in [0.15, 0.2) is 47.7 Å². The summed E-state index contributed by atoms with van der Waals surface area (Å²) < 4.78 is 16.2. The molecular weight excluding hydrogens is 431 g/mol. The minimum atomic E-state index is -1.30. The number of carbonyl (C=O) groups is 2. The highest BCUT2D eigenvalue weighted by molar-refractivity contribution is 5.94. The fourth-order valence-corrected chi connectivity index (χ4v) is 3.55. The largest absolute Gasteiger partial charge is 0.477 e. The molecular formula is C22H25FN6O4. The number of hydrogen-bond donors (Lipinski definition) is 4. The number of rotatable bonds is 4. The summed E-state index contributed by atoms with van der Waals surface area (Å²) in [5.74, 6) is 2.78. The highest BCUT2D eigenvalue weighted by Gasteiger charge is 2.20. The molecule has 0 unspecified atom stereocenters. The summed E-state index contributed by atoms with van der Waals surface area (Å²) in [6.07, 6.45) is 4.39. The number of nitrogen functional groups attached to an aromatic ring is 1. The third-order valence-electron chi connectivity index (χ3n) is 5.25. The zero-order valence-electron chi connectivity index (χ0n) is 18.0. The van der Waals surface area contributed by atoms with E-state index in [9.17, 15) is 18.8 Å². The van der Waals surface area contributed by atoms with Crippen molar-refractivity contribution in [3.63, 3.8) is 0 Å². The molecule has 1 amide bonds. The SMILES string of the molecule is CCn1cc(C(=O)O)c(=O)c2cc(F)c(N3CCNCC3)cc21.NNC(=O)c1ccncc1. The van der Waals surface area contributed by atoms with E-state index in [1.54, 1.807) is 22.8 Å². The second kappa shape index (κ2) is 10.7. The molecule has 0 bridgehead atoms. The van der Waals surface area contributed by atoms with Crippen LogP contribution in [0.4, 0.5) is 10.1 Å². The van der Waals surface area contributed by atoms with E-state index in [4.69, 9.17) is 10.9 Å². The van der Waals surface area contributed by atoms with E-state index in [2.05, 4.69) is 10.3 Å². The molecule has 2 aromatic heterocycles. The molecule has 1 aliphatic heterocycles. The predicted octanol–water partition coefficient (Wildman–Crippen LogP) is 0.953. The van der Waals surface area contributed by atoms with Crippen molar-refractivity contribution in [2.75, 3.05) is 31.1 Å². The van der Waals surface area contributed by atoms with Gasteiger partial charge in [0, 0.05) is 62.3 Å². The first kappa shape index (κ1) is 23.8. The fraction of sp³-hybridized carbons (Fsp3) is 0.273. The van der Waals surface area contributed by atoms with Gasteiger partial charge in [0.2, 0.25) is 5.43 Å². The first-order valence-corrected chi connectivity index (χ1v) is 10.3. The van der Waals surface area contributed by atoms with Crippen molar-refractivity contribution in [3.05, 3.63) is 70.0 Å². The monoisotopic (exact) mass is 456 g/mol. The van der Waals surface area contributed by atoms with Crippen molar-refractivity contribution in [1.82, 2.24) is 20.3 Å². The van der Waals surface area contributed by atoms with Crippen molar-refractivity contribution >= 4 is 28.5 Å². The molecule has 11 heteroatoms. The van der Waals surface area contributed by atoms with Crippen molar-refractivity contribution in [2.45, 2.75) is 13.5 Å². The van der Waals surface area contributed by atoms with Crippen LogP contribution in [0.25, 0.3) is 10.9 Å². The predicted molar refractivity (Wildman–Crippen MR) is 122 cm³/mol. The summed E-state index contributed by atoms with van der Waals surface area (Å²) in [7, 11) is 0. The van der Waals surface area contributed by atoms with Gasteiger partial charge in [-0.25, -0.2) is 15.0 Å². The third kappa shape index (κ3) is 5.33. The summed E-state index contributed by atoms with van der Waals surface area (Å²) >= 11 is 0. The van der Waals surface area contributed by atoms with Gasteiger partial charge in [-0.15, -0.1) is 0 Å². The van der Waals surface area contributed by atoms with Gasteiger partial charge in [0.05, 0.1) is 11.2 Å². The van der Waals surface area contributed by atoms with Gasteiger partial charge in [-0.05, 0) is 31.2 Å². The van der Waals surface area contributed by atoms with Crippen LogP contribution in [0, 0.1) is 5.82 Å². The summed E-state index contributed by atoms with van der Waals surface area (Å²) in [4.78, 5) is 39.9. The molecule has 1 saturated heterocycles. The lowest BCUT2D eigenvalue weighted by molar-refractivity contribution is 0.0694. The van der Waals surface area contributed by atoms with Crippen LogP contribution in [0.2, 0.25) is 0 Å². The Morgan fingerprint density at radius 2 is 1.91 bits per heavy atom. The summed E-state index contributed by atoms with van der Waals surface area (Å²) in [6.45, 7) is 5.26. The number of nitrogens with two attached hydrogens (primary N) is 1. The van der Waals surface area contributed by atoms with Crippen molar-refractivity contribution in [3.8, 4) is 0 Å². The molecule has 1 aromatic carbocycles. The Labute approximate surface area is 188 Å². The molecule has 10 nitrogen and oxygen atoms in total. The molecule has 3 heterocycles. The van der Waals surface area contributed by atoms with Gasteiger partial charge in [0.15, 0.2) is 0 Å². The zero-order chi connectivity index (χ0) is 24.0. The number of halogens is 1. The smallest absolute Gasteiger partial charge is 0.341 e. The number of benzene rings is 1. The van der Waals surface area contributed by atoms with Crippen LogP contribution >= 0.6 is 0 Å². The van der Waals surface area contributed by atoms with Crippen LogP contribution in [-0.2, 0) is 6.54 Å². The van der Waals surface area contributed by atoms with E-state index in [0.29, 0.717) is 36.4 Å². The number of hydrazine groups is 1. The number of anilines is 1. The molecule has 4 rings (SSSR count). The van der Waals surface area contributed by atoms with Gasteiger partial charge in [-0.3, -0.25) is 20.0 Å². The molecule has 0 radical (unpaired) electrons. The molecule has 3 aromatic rings. The Kier molecular flexibility index (Phi) is 7.70. The van der Waals surface area contributed by atoms with Crippen LogP contribution in [0.3, 0.4) is 0 Å². The van der Waals surface area contributed by atoms with Crippen molar-refractivity contribution < 1.29 is 19.1 Å². The number of nitrogens with zero attached hydrogens (tertiary/aromatic N) is 3. The van der Waals surface area contributed by atoms with Gasteiger partial charge < -0.3 is 19.9 Å². The lowest BCUT2D eigenvalue weighted by Gasteiger charge is -2.30. The molecule has 0 spiro atoms. The van der Waals surface area contributed by atoms with Gasteiger partial charge >= 0.3 is 5.97 Å². The Bertz CT molecular complexity index is 1210. The maximum atomic E-state index is 14.5. The highest BCUT2D eigenvalue weighted by atomic mass is 19.1. The maximum absolute atomic E-state index is 14.5.